The molecule has 0 radical (unpaired) electrons. The molecule has 0 heterocycles. The summed E-state index contributed by atoms with van der Waals surface area (Å²) in [7, 11) is 0. The van der Waals surface area contributed by atoms with E-state index in [2.05, 4.69) is 10.6 Å². The van der Waals surface area contributed by atoms with Crippen molar-refractivity contribution in [2.24, 2.45) is 0 Å². The Labute approximate surface area is 99.8 Å². The first kappa shape index (κ1) is 13.2. The molecule has 0 aromatic heterocycles. The SMILES string of the molecule is CC(O)C(=O)NCCC(=O)Nc1ccccc1. The van der Waals surface area contributed by atoms with Crippen molar-refractivity contribution < 1.29 is 14.7 Å². The summed E-state index contributed by atoms with van der Waals surface area (Å²) in [5.41, 5.74) is 0.722. The van der Waals surface area contributed by atoms with E-state index < -0.39 is 12.0 Å². The van der Waals surface area contributed by atoms with Gasteiger partial charge in [-0.3, -0.25) is 9.59 Å². The van der Waals surface area contributed by atoms with Crippen molar-refractivity contribution in [3.05, 3.63) is 30.3 Å². The van der Waals surface area contributed by atoms with Gasteiger partial charge in [-0.05, 0) is 19.1 Å². The van der Waals surface area contributed by atoms with Crippen LogP contribution in [0.2, 0.25) is 0 Å². The first-order chi connectivity index (χ1) is 8.09. The number of amides is 2. The zero-order valence-corrected chi connectivity index (χ0v) is 9.64. The third-order valence-electron chi connectivity index (χ3n) is 2.09. The standard InChI is InChI=1S/C12H16N2O3/c1-9(15)12(17)13-8-7-11(16)14-10-5-3-2-4-6-10/h2-6,9,15H,7-8H2,1H3,(H,13,17)(H,14,16). The topological polar surface area (TPSA) is 78.4 Å². The number of hydrogen-bond acceptors (Lipinski definition) is 3. The number of aliphatic hydroxyl groups excluding tert-OH is 1. The minimum atomic E-state index is -1.05. The summed E-state index contributed by atoms with van der Waals surface area (Å²) >= 11 is 0. The number of nitrogens with one attached hydrogen (secondary N) is 2. The molecule has 0 aliphatic heterocycles. The van der Waals surface area contributed by atoms with Crippen LogP contribution < -0.4 is 10.6 Å². The predicted molar refractivity (Wildman–Crippen MR) is 64.4 cm³/mol. The van der Waals surface area contributed by atoms with Crippen LogP contribution in [0.5, 0.6) is 0 Å². The Hall–Kier alpha value is -1.88. The molecule has 1 aromatic carbocycles. The lowest BCUT2D eigenvalue weighted by Gasteiger charge is -2.07. The number of hydrogen-bond donors (Lipinski definition) is 3. The Bertz CT molecular complexity index is 377. The van der Waals surface area contributed by atoms with Gasteiger partial charge in [0.2, 0.25) is 11.8 Å². The second kappa shape index (κ2) is 6.65. The van der Waals surface area contributed by atoms with Gasteiger partial charge in [-0.1, -0.05) is 18.2 Å². The Balaban J connectivity index is 2.25. The predicted octanol–water partition coefficient (Wildman–Crippen LogP) is 0.512. The summed E-state index contributed by atoms with van der Waals surface area (Å²) in [6, 6.07) is 9.08. The van der Waals surface area contributed by atoms with Crippen molar-refractivity contribution in [2.75, 3.05) is 11.9 Å². The van der Waals surface area contributed by atoms with Gasteiger partial charge in [0.05, 0.1) is 0 Å². The fourth-order valence-electron chi connectivity index (χ4n) is 1.19. The highest BCUT2D eigenvalue weighted by atomic mass is 16.3. The molecule has 1 atom stereocenters. The molecule has 1 aromatic rings. The minimum Gasteiger partial charge on any atom is -0.384 e. The van der Waals surface area contributed by atoms with Crippen molar-refractivity contribution in [2.45, 2.75) is 19.4 Å². The zero-order chi connectivity index (χ0) is 12.7. The van der Waals surface area contributed by atoms with Gasteiger partial charge >= 0.3 is 0 Å². The highest BCUT2D eigenvalue weighted by Crippen LogP contribution is 2.04. The number of anilines is 1. The van der Waals surface area contributed by atoms with Crippen LogP contribution in [0.3, 0.4) is 0 Å². The third-order valence-corrected chi connectivity index (χ3v) is 2.09. The summed E-state index contributed by atoms with van der Waals surface area (Å²) in [5, 5.41) is 14.0. The Morgan fingerprint density at radius 2 is 1.94 bits per heavy atom. The number of benzene rings is 1. The molecule has 92 valence electrons. The van der Waals surface area contributed by atoms with Crippen molar-refractivity contribution in [1.29, 1.82) is 0 Å². The first-order valence-corrected chi connectivity index (χ1v) is 5.40. The van der Waals surface area contributed by atoms with Gasteiger partial charge in [-0.15, -0.1) is 0 Å². The lowest BCUT2D eigenvalue weighted by molar-refractivity contribution is -0.128. The van der Waals surface area contributed by atoms with Gasteiger partial charge in [0.1, 0.15) is 6.10 Å². The molecule has 0 aliphatic rings. The Morgan fingerprint density at radius 3 is 2.53 bits per heavy atom. The maximum atomic E-state index is 11.4. The fraction of sp³-hybridized carbons (Fsp3) is 0.333. The second-order valence-corrected chi connectivity index (χ2v) is 3.63. The number of rotatable bonds is 5. The van der Waals surface area contributed by atoms with Crippen LogP contribution in [-0.4, -0.2) is 29.6 Å². The largest absolute Gasteiger partial charge is 0.384 e. The highest BCUT2D eigenvalue weighted by Gasteiger charge is 2.08. The molecule has 1 unspecified atom stereocenters. The van der Waals surface area contributed by atoms with E-state index in [1.54, 1.807) is 12.1 Å². The van der Waals surface area contributed by atoms with Gasteiger partial charge in [0.15, 0.2) is 0 Å². The molecule has 5 heteroatoms. The summed E-state index contributed by atoms with van der Waals surface area (Å²) in [4.78, 5) is 22.4. The van der Waals surface area contributed by atoms with Crippen LogP contribution in [0, 0.1) is 0 Å². The number of para-hydroxylation sites is 1. The minimum absolute atomic E-state index is 0.174. The van der Waals surface area contributed by atoms with E-state index in [1.165, 1.54) is 6.92 Å². The molecule has 1 rings (SSSR count). The average molecular weight is 236 g/mol. The van der Waals surface area contributed by atoms with E-state index in [9.17, 15) is 9.59 Å². The second-order valence-electron chi connectivity index (χ2n) is 3.63. The van der Waals surface area contributed by atoms with Gasteiger partial charge < -0.3 is 15.7 Å². The monoisotopic (exact) mass is 236 g/mol. The zero-order valence-electron chi connectivity index (χ0n) is 9.64. The van der Waals surface area contributed by atoms with E-state index in [0.29, 0.717) is 0 Å². The van der Waals surface area contributed by atoms with Crippen LogP contribution in [-0.2, 0) is 9.59 Å². The van der Waals surface area contributed by atoms with Crippen LogP contribution in [0.15, 0.2) is 30.3 Å². The quantitative estimate of drug-likeness (QED) is 0.697. The lowest BCUT2D eigenvalue weighted by atomic mass is 10.3. The van der Waals surface area contributed by atoms with E-state index >= 15 is 0 Å². The molecule has 3 N–H and O–H groups in total. The molecule has 0 spiro atoms. The smallest absolute Gasteiger partial charge is 0.248 e. The molecule has 2 amide bonds. The molecule has 5 nitrogen and oxygen atoms in total. The average Bonchev–Trinajstić information content (AvgIpc) is 2.30. The number of aliphatic hydroxyl groups is 1. The summed E-state index contributed by atoms with van der Waals surface area (Å²) in [6.45, 7) is 1.59. The summed E-state index contributed by atoms with van der Waals surface area (Å²) < 4.78 is 0. The lowest BCUT2D eigenvalue weighted by Crippen LogP contribution is -2.34. The molecule has 0 fully saturated rings. The van der Waals surface area contributed by atoms with E-state index in [-0.39, 0.29) is 18.9 Å². The van der Waals surface area contributed by atoms with Crippen molar-refractivity contribution >= 4 is 17.5 Å². The molecule has 0 saturated carbocycles. The van der Waals surface area contributed by atoms with Gasteiger partial charge in [0.25, 0.3) is 0 Å². The maximum Gasteiger partial charge on any atom is 0.248 e. The highest BCUT2D eigenvalue weighted by molar-refractivity contribution is 5.91. The molecular weight excluding hydrogens is 220 g/mol. The fourth-order valence-corrected chi connectivity index (χ4v) is 1.19. The number of carbonyl (C=O) groups is 2. The van der Waals surface area contributed by atoms with Gasteiger partial charge in [0, 0.05) is 18.7 Å². The first-order valence-electron chi connectivity index (χ1n) is 5.40. The van der Waals surface area contributed by atoms with Crippen LogP contribution in [0.25, 0.3) is 0 Å². The van der Waals surface area contributed by atoms with Crippen LogP contribution >= 0.6 is 0 Å². The van der Waals surface area contributed by atoms with E-state index in [1.807, 2.05) is 18.2 Å². The van der Waals surface area contributed by atoms with E-state index in [0.717, 1.165) is 5.69 Å². The molecule has 0 bridgehead atoms. The third kappa shape index (κ3) is 5.12. The van der Waals surface area contributed by atoms with E-state index in [4.69, 9.17) is 5.11 Å². The van der Waals surface area contributed by atoms with Crippen molar-refractivity contribution in [3.8, 4) is 0 Å². The normalized spacial score (nSPS) is 11.6. The Kier molecular flexibility index (Phi) is 5.16. The van der Waals surface area contributed by atoms with Crippen molar-refractivity contribution in [3.63, 3.8) is 0 Å². The van der Waals surface area contributed by atoms with Gasteiger partial charge in [-0.2, -0.15) is 0 Å². The Morgan fingerprint density at radius 1 is 1.29 bits per heavy atom. The summed E-state index contributed by atoms with van der Waals surface area (Å²) in [5.74, 6) is -0.653. The number of carbonyl (C=O) groups excluding carboxylic acids is 2. The van der Waals surface area contributed by atoms with Gasteiger partial charge in [-0.25, -0.2) is 0 Å². The molecule has 0 aliphatic carbocycles. The molecule has 17 heavy (non-hydrogen) atoms. The summed E-state index contributed by atoms with van der Waals surface area (Å²) in [6.07, 6.45) is -0.875. The molecular formula is C12H16N2O3. The molecule has 0 saturated heterocycles. The van der Waals surface area contributed by atoms with Crippen LogP contribution in [0.1, 0.15) is 13.3 Å². The maximum absolute atomic E-state index is 11.4. The van der Waals surface area contributed by atoms with Crippen molar-refractivity contribution in [1.82, 2.24) is 5.32 Å². The van der Waals surface area contributed by atoms with Crippen LogP contribution in [0.4, 0.5) is 5.69 Å².